The van der Waals surface area contributed by atoms with Crippen molar-refractivity contribution >= 4 is 474 Å². The van der Waals surface area contributed by atoms with Crippen molar-refractivity contribution in [2.75, 3.05) is 33.0 Å². The highest BCUT2D eigenvalue weighted by Crippen LogP contribution is 2.48. The summed E-state index contributed by atoms with van der Waals surface area (Å²) in [7, 11) is 0. The lowest BCUT2D eigenvalue weighted by Gasteiger charge is -2.13. The van der Waals surface area contributed by atoms with Crippen molar-refractivity contribution in [3.05, 3.63) is 197 Å². The summed E-state index contributed by atoms with van der Waals surface area (Å²) in [5.41, 5.74) is 8.34. The Bertz CT molecular complexity index is 5140. The van der Waals surface area contributed by atoms with Gasteiger partial charge in [0.2, 0.25) is 11.5 Å². The molecule has 129 heavy (non-hydrogen) atoms. The van der Waals surface area contributed by atoms with Gasteiger partial charge in [0, 0.05) is 88.8 Å². The molecular weight excluding hydrogens is 4050 g/mol. The lowest BCUT2D eigenvalue weighted by Crippen LogP contribution is -1.98. The van der Waals surface area contributed by atoms with Gasteiger partial charge >= 0.3 is 0 Å². The molecule has 0 amide bonds. The highest BCUT2D eigenvalue weighted by molar-refractivity contribution is 14.1. The van der Waals surface area contributed by atoms with Crippen LogP contribution in [-0.2, 0) is 32.1 Å². The van der Waals surface area contributed by atoms with Crippen LogP contribution in [0.25, 0.3) is 0 Å². The zero-order valence-electron chi connectivity index (χ0n) is 69.0. The van der Waals surface area contributed by atoms with E-state index in [0.717, 1.165) is 34.1 Å². The van der Waals surface area contributed by atoms with E-state index < -0.39 is 11.5 Å². The average molecular weight is 4140 g/mol. The maximum absolute atomic E-state index is 9.74. The third-order valence-corrected chi connectivity index (χ3v) is 39.3. The summed E-state index contributed by atoms with van der Waals surface area (Å²) in [4.78, 5) is 0. The van der Waals surface area contributed by atoms with Gasteiger partial charge in [-0.15, -0.1) is 0 Å². The SMILES string of the molecule is CC(C)c1c(I)cc(I)c(O)c1I.CC(C)c1cc(I)c(O)c(I)c1.CC(C)c1cc(I)cc(I)c1O.CC(C)c1cc(O)c(I)cc1I.CC(C)c1ccc(I)c(O)c1I.OCCc1c(I)c(O)c(O)c(O)c1I.OCCc1c(O)c(I)c(O)c(I)c1O.OCCc1c(O)c(I)cc(I)c1O.OCCc1c(O)c(O)c(O)c(I)c1I.OCCc1cc(O)c(I)c(I)c1O. The molecule has 10 rings (SSSR count). The van der Waals surface area contributed by atoms with Crippen LogP contribution in [0.5, 0.6) is 103 Å². The predicted octanol–water partition coefficient (Wildman–Crippen LogP) is 27.6. The molecule has 10 aromatic rings. The second kappa shape index (κ2) is 64.6. The molecule has 23 nitrogen and oxygen atoms in total. The zero-order valence-corrected chi connectivity index (χ0v) is 114. The van der Waals surface area contributed by atoms with E-state index in [4.69, 9.17) is 25.5 Å². The van der Waals surface area contributed by atoms with Crippen molar-refractivity contribution in [3.63, 3.8) is 0 Å². The Balaban J connectivity index is 0.000000717. The quantitative estimate of drug-likeness (QED) is 0.0257. The molecule has 10 aromatic carbocycles. The molecule has 0 saturated carbocycles. The van der Waals surface area contributed by atoms with Crippen LogP contribution >= 0.6 is 474 Å². The van der Waals surface area contributed by atoms with Gasteiger partial charge in [-0.3, -0.25) is 0 Å². The van der Waals surface area contributed by atoms with Crippen LogP contribution in [-0.4, -0.2) is 150 Å². The molecule has 0 aliphatic carbocycles. The number of benzene rings is 10. The molecule has 714 valence electrons. The highest BCUT2D eigenvalue weighted by Gasteiger charge is 2.25. The van der Waals surface area contributed by atoms with Crippen molar-refractivity contribution < 1.29 is 117 Å². The van der Waals surface area contributed by atoms with Crippen LogP contribution in [0.15, 0.2) is 66.7 Å². The summed E-state index contributed by atoms with van der Waals surface area (Å²) in [5, 5.41) is 215. The van der Waals surface area contributed by atoms with Gasteiger partial charge in [-0.25, -0.2) is 0 Å². The van der Waals surface area contributed by atoms with Crippen LogP contribution in [0.2, 0.25) is 0 Å². The van der Waals surface area contributed by atoms with Crippen LogP contribution in [0.1, 0.15) is 154 Å². The lowest BCUT2D eigenvalue weighted by molar-refractivity contribution is 0.294. The topological polar surface area (TPSA) is 465 Å². The number of aliphatic hydroxyl groups excluding tert-OH is 5. The Labute approximate surface area is 1040 Å². The zero-order chi connectivity index (χ0) is 100. The first-order valence-electron chi connectivity index (χ1n) is 36.9. The van der Waals surface area contributed by atoms with E-state index >= 15 is 0 Å². The van der Waals surface area contributed by atoms with Gasteiger partial charge in [0.1, 0.15) is 69.0 Å². The maximum Gasteiger partial charge on any atom is 0.202 e. The molecule has 0 unspecified atom stereocenters. The number of halogens is 21. The first kappa shape index (κ1) is 131. The molecule has 0 spiro atoms. The minimum absolute atomic E-state index is 0.0380. The molecule has 0 atom stereocenters. The number of aliphatic hydroxyl groups is 5. The Hall–Kier alpha value is 3.73. The molecule has 0 fully saturated rings. The fourth-order valence-corrected chi connectivity index (χ4v) is 30.8. The van der Waals surface area contributed by atoms with E-state index in [0.29, 0.717) is 122 Å². The molecule has 0 aliphatic heterocycles. The molecule has 0 bridgehead atoms. The number of hydrogen-bond acceptors (Lipinski definition) is 23. The van der Waals surface area contributed by atoms with Crippen LogP contribution in [0, 0.1) is 75.0 Å². The van der Waals surface area contributed by atoms with E-state index in [1.54, 1.807) is 51.2 Å². The molecule has 0 radical (unpaired) electrons. The van der Waals surface area contributed by atoms with Gasteiger partial charge in [0.25, 0.3) is 0 Å². The summed E-state index contributed by atoms with van der Waals surface area (Å²) in [6.45, 7) is 20.8. The molecular formula is C85H89I21O23. The third-order valence-electron chi connectivity index (χ3n) is 17.1. The number of phenolic OH excluding ortho intramolecular Hbond substituents is 18. The Kier molecular flexibility index (Phi) is 65.4. The second-order valence-electron chi connectivity index (χ2n) is 27.8. The van der Waals surface area contributed by atoms with E-state index in [1.807, 2.05) is 229 Å². The van der Waals surface area contributed by atoms with Crippen molar-refractivity contribution in [3.8, 4) is 103 Å². The van der Waals surface area contributed by atoms with Crippen LogP contribution < -0.4 is 0 Å². The maximum atomic E-state index is 9.74. The van der Waals surface area contributed by atoms with Crippen LogP contribution in [0.3, 0.4) is 0 Å². The monoisotopic (exact) mass is 4140 g/mol. The normalized spacial score (nSPS) is 10.6. The summed E-state index contributed by atoms with van der Waals surface area (Å²) >= 11 is 43.2. The molecule has 0 aromatic heterocycles. The minimum Gasteiger partial charge on any atom is -0.507 e. The number of hydrogen-bond donors (Lipinski definition) is 23. The van der Waals surface area contributed by atoms with Crippen molar-refractivity contribution in [2.24, 2.45) is 0 Å². The highest BCUT2D eigenvalue weighted by atomic mass is 127. The van der Waals surface area contributed by atoms with E-state index in [2.05, 4.69) is 324 Å². The summed E-state index contributed by atoms with van der Waals surface area (Å²) < 4.78 is 16.4. The molecule has 23 N–H and O–H groups in total. The predicted molar refractivity (Wildman–Crippen MR) is 686 cm³/mol. The van der Waals surface area contributed by atoms with E-state index in [-0.39, 0.29) is 128 Å². The first-order valence-corrected chi connectivity index (χ1v) is 59.6. The fraction of sp³-hybridized carbons (Fsp3) is 0.294. The van der Waals surface area contributed by atoms with Gasteiger partial charge in [-0.1, -0.05) is 75.3 Å². The standard InChI is InChI=1S/C9H9I3O.4C9H10I2O.3C8H8I2O4.2C8H8I2O3/c1-4(2)7-5(10)3-6(11)9(13)8(7)12;1-5(2)6-3-9(12)8(11)4-7(6)10;1-5(2)7-3-6(10)4-8(11)9(7)12;1-5(2)6-3-7(10)9(12)8(11)4-6;1-5(2)6-3-4-7(10)9(12)8(6)11;9-4-6(12)3(1-2-11)7(13)5(10)8(4)14;9-4-3(1-2-11)6(12)8(14)7(13)5(4)10;9-4-3(1-2-11)5(10)7(13)8(14)6(4)12;9-5-3-6(10)8(13)4(1-2-11)7(5)12;9-6-5(12)3-4(1-2-11)8(13)7(6)10/h3-4,13H,1-2H3;4*3-5,12H,1-2H3;3*11-14H,1-2H2;2*3,11-13H,1-2H2. The van der Waals surface area contributed by atoms with Crippen LogP contribution in [0.4, 0.5) is 0 Å². The lowest BCUT2D eigenvalue weighted by atomic mass is 10.0. The minimum atomic E-state index is -0.529. The molecule has 0 saturated heterocycles. The van der Waals surface area contributed by atoms with Gasteiger partial charge in [-0.05, 0) is 611 Å². The molecule has 0 aliphatic rings. The Morgan fingerprint density at radius 1 is 0.202 bits per heavy atom. The van der Waals surface area contributed by atoms with Gasteiger partial charge in [0.05, 0.1) is 60.7 Å². The van der Waals surface area contributed by atoms with E-state index in [1.165, 1.54) is 39.0 Å². The van der Waals surface area contributed by atoms with Gasteiger partial charge in [-0.2, -0.15) is 0 Å². The largest absolute Gasteiger partial charge is 0.507 e. The average Bonchev–Trinajstić information content (AvgIpc) is 0.800. The van der Waals surface area contributed by atoms with Gasteiger partial charge < -0.3 is 117 Å². The molecule has 44 heteroatoms. The third kappa shape index (κ3) is 39.9. The summed E-state index contributed by atoms with van der Waals surface area (Å²) in [6, 6.07) is 21.1. The smallest absolute Gasteiger partial charge is 0.202 e. The van der Waals surface area contributed by atoms with Crippen molar-refractivity contribution in [1.82, 2.24) is 0 Å². The first-order chi connectivity index (χ1) is 59.7. The van der Waals surface area contributed by atoms with E-state index in [9.17, 15) is 91.9 Å². The second-order valence-corrected chi connectivity index (χ2v) is 51.5. The Morgan fingerprint density at radius 3 is 1.01 bits per heavy atom. The number of phenols is 18. The van der Waals surface area contributed by atoms with Gasteiger partial charge in [0.15, 0.2) is 23.0 Å². The summed E-state index contributed by atoms with van der Waals surface area (Å²) in [5.74, 6) is 1.91. The Morgan fingerprint density at radius 2 is 0.574 bits per heavy atom. The van der Waals surface area contributed by atoms with Crippen molar-refractivity contribution in [1.29, 1.82) is 0 Å². The fourth-order valence-electron chi connectivity index (χ4n) is 10.1. The number of aromatic hydroxyl groups is 18. The molecule has 0 heterocycles. The summed E-state index contributed by atoms with van der Waals surface area (Å²) in [6.07, 6.45) is 1.35. The number of rotatable bonds is 15. The van der Waals surface area contributed by atoms with Crippen molar-refractivity contribution in [2.45, 2.75) is 131 Å².